The summed E-state index contributed by atoms with van der Waals surface area (Å²) in [6.45, 7) is 0.200. The van der Waals surface area contributed by atoms with Gasteiger partial charge in [-0.1, -0.05) is 54.2 Å². The summed E-state index contributed by atoms with van der Waals surface area (Å²) in [5.41, 5.74) is 0.702. The Morgan fingerprint density at radius 3 is 2.56 bits per heavy atom. The Labute approximate surface area is 188 Å². The van der Waals surface area contributed by atoms with E-state index in [0.29, 0.717) is 11.6 Å². The summed E-state index contributed by atoms with van der Waals surface area (Å²) < 4.78 is 13.1. The summed E-state index contributed by atoms with van der Waals surface area (Å²) in [6.07, 6.45) is 1.45. The number of anilines is 1. The van der Waals surface area contributed by atoms with Crippen molar-refractivity contribution in [2.24, 2.45) is 7.05 Å². The lowest BCUT2D eigenvalue weighted by molar-refractivity contribution is -0.139. The van der Waals surface area contributed by atoms with Gasteiger partial charge in [0, 0.05) is 13.2 Å². The van der Waals surface area contributed by atoms with Crippen molar-refractivity contribution in [2.75, 3.05) is 12.4 Å². The molecule has 9 heteroatoms. The molecule has 32 heavy (non-hydrogen) atoms. The van der Waals surface area contributed by atoms with Crippen LogP contribution in [0.1, 0.15) is 11.1 Å². The highest BCUT2D eigenvalue weighted by Gasteiger charge is 2.26. The molecule has 4 rings (SSSR count). The first-order valence-corrected chi connectivity index (χ1v) is 10.6. The number of hydrogen-bond donors (Lipinski definition) is 1. The summed E-state index contributed by atoms with van der Waals surface area (Å²) in [5.74, 6) is 0.442. The second-order valence-corrected chi connectivity index (χ2v) is 8.13. The Kier molecular flexibility index (Phi) is 6.18. The standard InChI is InChI=1S/C23H21N3O5S/c1-25-20-19(21(27)26(23(25)29)13-15-7-4-3-5-8-15)32-18(12-24-20)22(28)31-14-16-9-6-10-17(11-16)30-2/h3-12,24H,13-14H2,1-2H3. The summed E-state index contributed by atoms with van der Waals surface area (Å²) >= 11 is 0.988. The van der Waals surface area contributed by atoms with E-state index in [9.17, 15) is 14.4 Å². The van der Waals surface area contributed by atoms with Gasteiger partial charge >= 0.3 is 11.7 Å². The normalized spacial score (nSPS) is 12.4. The highest BCUT2D eigenvalue weighted by Crippen LogP contribution is 2.34. The lowest BCUT2D eigenvalue weighted by Gasteiger charge is -2.20. The van der Waals surface area contributed by atoms with Crippen molar-refractivity contribution < 1.29 is 14.3 Å². The van der Waals surface area contributed by atoms with Gasteiger partial charge in [-0.3, -0.25) is 13.9 Å². The first-order chi connectivity index (χ1) is 15.5. The molecule has 8 nitrogen and oxygen atoms in total. The molecular weight excluding hydrogens is 430 g/mol. The number of ether oxygens (including phenoxy) is 2. The predicted molar refractivity (Wildman–Crippen MR) is 122 cm³/mol. The maximum absolute atomic E-state index is 13.1. The molecule has 1 aromatic heterocycles. The third-order valence-electron chi connectivity index (χ3n) is 4.95. The van der Waals surface area contributed by atoms with Crippen molar-refractivity contribution in [3.05, 3.63) is 97.7 Å². The van der Waals surface area contributed by atoms with Crippen LogP contribution in [0.3, 0.4) is 0 Å². The van der Waals surface area contributed by atoms with E-state index in [4.69, 9.17) is 9.47 Å². The minimum atomic E-state index is -0.571. The first-order valence-electron chi connectivity index (χ1n) is 9.80. The fourth-order valence-corrected chi connectivity index (χ4v) is 4.23. The van der Waals surface area contributed by atoms with Gasteiger partial charge in [0.2, 0.25) is 0 Å². The summed E-state index contributed by atoms with van der Waals surface area (Å²) in [5, 5.41) is 2.90. The van der Waals surface area contributed by atoms with Gasteiger partial charge in [0.15, 0.2) is 0 Å². The summed E-state index contributed by atoms with van der Waals surface area (Å²) in [4.78, 5) is 39.0. The molecule has 0 amide bonds. The largest absolute Gasteiger partial charge is 0.497 e. The number of nitrogens with one attached hydrogen (secondary N) is 1. The van der Waals surface area contributed by atoms with Gasteiger partial charge in [0.05, 0.1) is 13.7 Å². The zero-order chi connectivity index (χ0) is 22.7. The number of nitrogens with zero attached hydrogens (tertiary/aromatic N) is 2. The van der Waals surface area contributed by atoms with Gasteiger partial charge in [-0.15, -0.1) is 0 Å². The number of fused-ring (bicyclic) bond motifs is 1. The van der Waals surface area contributed by atoms with Crippen LogP contribution in [0.4, 0.5) is 5.82 Å². The molecule has 0 spiro atoms. The minimum Gasteiger partial charge on any atom is -0.497 e. The number of thioether (sulfide) groups is 1. The number of methoxy groups -OCH3 is 1. The van der Waals surface area contributed by atoms with E-state index in [1.54, 1.807) is 26.3 Å². The number of rotatable bonds is 6. The molecule has 0 atom stereocenters. The van der Waals surface area contributed by atoms with Gasteiger partial charge in [0.1, 0.15) is 28.0 Å². The van der Waals surface area contributed by atoms with E-state index in [1.165, 1.54) is 10.8 Å². The Balaban J connectivity index is 1.55. The number of benzene rings is 2. The SMILES string of the molecule is COc1cccc(COC(=O)C2=CNc3c(c(=O)n(Cc4ccccc4)c(=O)n3C)S2)c1. The topological polar surface area (TPSA) is 91.6 Å². The number of carbonyl (C=O) groups is 1. The van der Waals surface area contributed by atoms with Crippen LogP contribution >= 0.6 is 11.8 Å². The van der Waals surface area contributed by atoms with E-state index in [1.807, 2.05) is 42.5 Å². The van der Waals surface area contributed by atoms with E-state index in [2.05, 4.69) is 5.32 Å². The molecule has 0 saturated carbocycles. The molecule has 1 aliphatic heterocycles. The Hall–Kier alpha value is -3.72. The molecule has 3 aromatic rings. The van der Waals surface area contributed by atoms with Crippen LogP contribution < -0.4 is 21.3 Å². The molecule has 0 fully saturated rings. The molecule has 164 valence electrons. The lowest BCUT2D eigenvalue weighted by Crippen LogP contribution is -2.41. The zero-order valence-electron chi connectivity index (χ0n) is 17.5. The molecule has 0 bridgehead atoms. The van der Waals surface area contributed by atoms with E-state index < -0.39 is 17.2 Å². The van der Waals surface area contributed by atoms with Crippen LogP contribution in [-0.4, -0.2) is 22.2 Å². The van der Waals surface area contributed by atoms with Crippen molar-refractivity contribution in [1.82, 2.24) is 9.13 Å². The molecule has 0 aliphatic carbocycles. The Morgan fingerprint density at radius 1 is 1.06 bits per heavy atom. The van der Waals surface area contributed by atoms with Gasteiger partial charge < -0.3 is 14.8 Å². The van der Waals surface area contributed by atoms with Gasteiger partial charge in [0.25, 0.3) is 5.56 Å². The Morgan fingerprint density at radius 2 is 1.81 bits per heavy atom. The van der Waals surface area contributed by atoms with Crippen LogP contribution in [0.5, 0.6) is 5.75 Å². The highest BCUT2D eigenvalue weighted by atomic mass is 32.2. The molecule has 1 aliphatic rings. The number of carbonyl (C=O) groups excluding carboxylic acids is 1. The second kappa shape index (κ2) is 9.19. The van der Waals surface area contributed by atoms with Crippen LogP contribution in [0, 0.1) is 0 Å². The molecular formula is C23H21N3O5S. The van der Waals surface area contributed by atoms with Gasteiger partial charge in [-0.25, -0.2) is 9.59 Å². The number of esters is 1. The van der Waals surface area contributed by atoms with Gasteiger partial charge in [-0.05, 0) is 23.3 Å². The third-order valence-corrected chi connectivity index (χ3v) is 6.03. The number of aromatic nitrogens is 2. The Bertz CT molecular complexity index is 1310. The minimum absolute atomic E-state index is 0.0618. The first kappa shape index (κ1) is 21.5. The fourth-order valence-electron chi connectivity index (χ4n) is 3.26. The monoisotopic (exact) mass is 451 g/mol. The quantitative estimate of drug-likeness (QED) is 0.576. The highest BCUT2D eigenvalue weighted by molar-refractivity contribution is 8.04. The zero-order valence-corrected chi connectivity index (χ0v) is 18.3. The summed E-state index contributed by atoms with van der Waals surface area (Å²) in [7, 11) is 3.14. The van der Waals surface area contributed by atoms with Crippen molar-refractivity contribution in [2.45, 2.75) is 18.0 Å². The smallest absolute Gasteiger partial charge is 0.346 e. The summed E-state index contributed by atoms with van der Waals surface area (Å²) in [6, 6.07) is 16.5. The van der Waals surface area contributed by atoms with Crippen molar-refractivity contribution in [1.29, 1.82) is 0 Å². The van der Waals surface area contributed by atoms with Crippen LogP contribution in [-0.2, 0) is 29.7 Å². The van der Waals surface area contributed by atoms with Crippen molar-refractivity contribution in [3.8, 4) is 5.75 Å². The maximum atomic E-state index is 13.1. The molecule has 0 radical (unpaired) electrons. The fraction of sp³-hybridized carbons (Fsp3) is 0.174. The lowest BCUT2D eigenvalue weighted by atomic mass is 10.2. The maximum Gasteiger partial charge on any atom is 0.346 e. The van der Waals surface area contributed by atoms with E-state index in [0.717, 1.165) is 27.5 Å². The van der Waals surface area contributed by atoms with Crippen LogP contribution in [0.15, 0.2) is 80.2 Å². The van der Waals surface area contributed by atoms with Crippen LogP contribution in [0.25, 0.3) is 0 Å². The predicted octanol–water partition coefficient (Wildman–Crippen LogP) is 2.71. The van der Waals surface area contributed by atoms with Gasteiger partial charge in [-0.2, -0.15) is 0 Å². The van der Waals surface area contributed by atoms with E-state index >= 15 is 0 Å². The average Bonchev–Trinajstić information content (AvgIpc) is 2.84. The molecule has 2 heterocycles. The molecule has 0 saturated heterocycles. The molecule has 1 N–H and O–H groups in total. The van der Waals surface area contributed by atoms with Crippen molar-refractivity contribution >= 4 is 23.5 Å². The van der Waals surface area contributed by atoms with E-state index in [-0.39, 0.29) is 23.0 Å². The average molecular weight is 452 g/mol. The number of hydrogen-bond acceptors (Lipinski definition) is 7. The van der Waals surface area contributed by atoms with Crippen molar-refractivity contribution in [3.63, 3.8) is 0 Å². The second-order valence-electron chi connectivity index (χ2n) is 7.08. The molecule has 2 aromatic carbocycles. The third kappa shape index (κ3) is 4.33. The van der Waals surface area contributed by atoms with Crippen LogP contribution in [0.2, 0.25) is 0 Å². The molecule has 0 unspecified atom stereocenters.